The maximum atomic E-state index is 13.1. The minimum Gasteiger partial charge on any atom is -0.384 e. The van der Waals surface area contributed by atoms with E-state index in [4.69, 9.17) is 5.73 Å². The highest BCUT2D eigenvalue weighted by molar-refractivity contribution is 5.32. The first-order chi connectivity index (χ1) is 8.58. The lowest BCUT2D eigenvalue weighted by molar-refractivity contribution is 0.220. The molecule has 18 heavy (non-hydrogen) atoms. The second kappa shape index (κ2) is 5.29. The molecule has 0 fully saturated rings. The van der Waals surface area contributed by atoms with Crippen LogP contribution in [0.5, 0.6) is 0 Å². The third kappa shape index (κ3) is 2.75. The minimum atomic E-state index is -0.817. The predicted molar refractivity (Wildman–Crippen MR) is 69.5 cm³/mol. The molecule has 2 aromatic rings. The Morgan fingerprint density at radius 1 is 1.00 bits per heavy atom. The van der Waals surface area contributed by atoms with Crippen molar-refractivity contribution in [3.8, 4) is 0 Å². The maximum absolute atomic E-state index is 13.1. The Kier molecular flexibility index (Phi) is 3.75. The summed E-state index contributed by atoms with van der Waals surface area (Å²) in [6.45, 7) is 1.90. The van der Waals surface area contributed by atoms with Crippen LogP contribution in [0.2, 0.25) is 0 Å². The molecule has 3 heteroatoms. The van der Waals surface area contributed by atoms with Gasteiger partial charge in [-0.2, -0.15) is 0 Å². The number of nitrogens with two attached hydrogens (primary N) is 1. The zero-order valence-electron chi connectivity index (χ0n) is 10.2. The maximum Gasteiger partial charge on any atom is 0.123 e. The van der Waals surface area contributed by atoms with Crippen molar-refractivity contribution in [2.24, 2.45) is 5.73 Å². The Morgan fingerprint density at radius 3 is 2.17 bits per heavy atom. The highest BCUT2D eigenvalue weighted by Gasteiger charge is 2.11. The molecule has 0 saturated carbocycles. The number of aliphatic hydroxyl groups is 1. The van der Waals surface area contributed by atoms with Crippen molar-refractivity contribution in [1.29, 1.82) is 0 Å². The Bertz CT molecular complexity index is 522. The van der Waals surface area contributed by atoms with E-state index in [2.05, 4.69) is 0 Å². The molecule has 94 valence electrons. The molecule has 2 rings (SSSR count). The fourth-order valence-electron chi connectivity index (χ4n) is 1.85. The monoisotopic (exact) mass is 245 g/mol. The standard InChI is InChI=1S/C15H16FNO/c1-10(17)11-5-7-12(8-6-11)15(18)13-3-2-4-14(16)9-13/h2-10,15,18H,17H2,1H3. The van der Waals surface area contributed by atoms with Crippen LogP contribution in [0.25, 0.3) is 0 Å². The lowest BCUT2D eigenvalue weighted by Gasteiger charge is -2.13. The van der Waals surface area contributed by atoms with Gasteiger partial charge in [0.25, 0.3) is 0 Å². The van der Waals surface area contributed by atoms with Gasteiger partial charge in [0.15, 0.2) is 0 Å². The molecule has 0 heterocycles. The first-order valence-corrected chi connectivity index (χ1v) is 5.87. The van der Waals surface area contributed by atoms with Crippen molar-refractivity contribution in [2.45, 2.75) is 19.1 Å². The third-order valence-corrected chi connectivity index (χ3v) is 2.94. The number of hydrogen-bond acceptors (Lipinski definition) is 2. The van der Waals surface area contributed by atoms with Gasteiger partial charge >= 0.3 is 0 Å². The summed E-state index contributed by atoms with van der Waals surface area (Å²) in [5.74, 6) is -0.348. The first kappa shape index (κ1) is 12.7. The van der Waals surface area contributed by atoms with E-state index in [1.165, 1.54) is 12.1 Å². The van der Waals surface area contributed by atoms with Crippen molar-refractivity contribution in [3.05, 3.63) is 71.0 Å². The van der Waals surface area contributed by atoms with E-state index in [-0.39, 0.29) is 11.9 Å². The Morgan fingerprint density at radius 2 is 1.61 bits per heavy atom. The van der Waals surface area contributed by atoms with E-state index in [0.29, 0.717) is 5.56 Å². The lowest BCUT2D eigenvalue weighted by atomic mass is 9.99. The van der Waals surface area contributed by atoms with Gasteiger partial charge in [0.2, 0.25) is 0 Å². The van der Waals surface area contributed by atoms with Gasteiger partial charge in [-0.15, -0.1) is 0 Å². The van der Waals surface area contributed by atoms with Crippen molar-refractivity contribution in [2.75, 3.05) is 0 Å². The van der Waals surface area contributed by atoms with Crippen molar-refractivity contribution < 1.29 is 9.50 Å². The number of halogens is 1. The normalized spacial score (nSPS) is 14.2. The summed E-state index contributed by atoms with van der Waals surface area (Å²) in [4.78, 5) is 0. The molecular formula is C15H16FNO. The van der Waals surface area contributed by atoms with Gasteiger partial charge < -0.3 is 10.8 Å². The number of aliphatic hydroxyl groups excluding tert-OH is 1. The summed E-state index contributed by atoms with van der Waals surface area (Å²) < 4.78 is 13.1. The molecule has 2 nitrogen and oxygen atoms in total. The van der Waals surface area contributed by atoms with Gasteiger partial charge in [-0.25, -0.2) is 4.39 Å². The Labute approximate surface area is 106 Å². The molecule has 2 atom stereocenters. The van der Waals surface area contributed by atoms with Crippen LogP contribution < -0.4 is 5.73 Å². The average molecular weight is 245 g/mol. The zero-order chi connectivity index (χ0) is 13.1. The molecule has 0 saturated heterocycles. The second-order valence-electron chi connectivity index (χ2n) is 4.41. The zero-order valence-corrected chi connectivity index (χ0v) is 10.2. The van der Waals surface area contributed by atoms with Crippen LogP contribution in [-0.2, 0) is 0 Å². The summed E-state index contributed by atoms with van der Waals surface area (Å²) >= 11 is 0. The highest BCUT2D eigenvalue weighted by Crippen LogP contribution is 2.23. The van der Waals surface area contributed by atoms with E-state index in [1.54, 1.807) is 12.1 Å². The fourth-order valence-corrected chi connectivity index (χ4v) is 1.85. The Hall–Kier alpha value is -1.71. The minimum absolute atomic E-state index is 0.0367. The SMILES string of the molecule is CC(N)c1ccc(C(O)c2cccc(F)c2)cc1. The lowest BCUT2D eigenvalue weighted by Crippen LogP contribution is -2.05. The summed E-state index contributed by atoms with van der Waals surface area (Å²) in [6, 6.07) is 13.3. The van der Waals surface area contributed by atoms with E-state index in [0.717, 1.165) is 11.1 Å². The number of hydrogen-bond donors (Lipinski definition) is 2. The summed E-state index contributed by atoms with van der Waals surface area (Å²) in [7, 11) is 0. The topological polar surface area (TPSA) is 46.2 Å². The molecule has 0 bridgehead atoms. The van der Waals surface area contributed by atoms with Crippen LogP contribution >= 0.6 is 0 Å². The molecule has 0 aliphatic heterocycles. The van der Waals surface area contributed by atoms with E-state index in [1.807, 2.05) is 31.2 Å². The summed E-state index contributed by atoms with van der Waals surface area (Å²) in [6.07, 6.45) is -0.817. The molecule has 2 unspecified atom stereocenters. The molecule has 0 aliphatic carbocycles. The van der Waals surface area contributed by atoms with Crippen molar-refractivity contribution in [1.82, 2.24) is 0 Å². The molecule has 2 aromatic carbocycles. The largest absolute Gasteiger partial charge is 0.384 e. The molecule has 0 radical (unpaired) electrons. The van der Waals surface area contributed by atoms with Crippen LogP contribution in [-0.4, -0.2) is 5.11 Å². The van der Waals surface area contributed by atoms with E-state index < -0.39 is 6.10 Å². The van der Waals surface area contributed by atoms with Gasteiger partial charge in [0.05, 0.1) is 0 Å². The van der Waals surface area contributed by atoms with Gasteiger partial charge in [-0.05, 0) is 35.7 Å². The van der Waals surface area contributed by atoms with E-state index >= 15 is 0 Å². The molecule has 0 aliphatic rings. The second-order valence-corrected chi connectivity index (χ2v) is 4.41. The molecular weight excluding hydrogens is 229 g/mol. The van der Waals surface area contributed by atoms with Crippen LogP contribution in [0.15, 0.2) is 48.5 Å². The summed E-state index contributed by atoms with van der Waals surface area (Å²) in [5.41, 5.74) is 8.04. The third-order valence-electron chi connectivity index (χ3n) is 2.94. The van der Waals surface area contributed by atoms with Crippen LogP contribution in [0.3, 0.4) is 0 Å². The van der Waals surface area contributed by atoms with Crippen molar-refractivity contribution in [3.63, 3.8) is 0 Å². The van der Waals surface area contributed by atoms with Gasteiger partial charge in [0.1, 0.15) is 11.9 Å². The quantitative estimate of drug-likeness (QED) is 0.873. The predicted octanol–water partition coefficient (Wildman–Crippen LogP) is 2.93. The smallest absolute Gasteiger partial charge is 0.123 e. The first-order valence-electron chi connectivity index (χ1n) is 5.87. The molecule has 0 amide bonds. The number of rotatable bonds is 3. The van der Waals surface area contributed by atoms with Gasteiger partial charge in [-0.1, -0.05) is 36.4 Å². The van der Waals surface area contributed by atoms with Crippen LogP contribution in [0.1, 0.15) is 35.8 Å². The van der Waals surface area contributed by atoms with Crippen LogP contribution in [0.4, 0.5) is 4.39 Å². The average Bonchev–Trinajstić information content (AvgIpc) is 2.38. The van der Waals surface area contributed by atoms with Gasteiger partial charge in [0, 0.05) is 6.04 Å². The Balaban J connectivity index is 2.26. The number of benzene rings is 2. The van der Waals surface area contributed by atoms with E-state index in [9.17, 15) is 9.50 Å². The summed E-state index contributed by atoms with van der Waals surface area (Å²) in [5, 5.41) is 10.1. The highest BCUT2D eigenvalue weighted by atomic mass is 19.1. The molecule has 3 N–H and O–H groups in total. The van der Waals surface area contributed by atoms with Gasteiger partial charge in [-0.3, -0.25) is 0 Å². The fraction of sp³-hybridized carbons (Fsp3) is 0.200. The molecule has 0 spiro atoms. The van der Waals surface area contributed by atoms with Crippen molar-refractivity contribution >= 4 is 0 Å². The molecule has 0 aromatic heterocycles. The van der Waals surface area contributed by atoms with Crippen LogP contribution in [0, 0.1) is 5.82 Å².